The third-order valence-electron chi connectivity index (χ3n) is 3.96. The predicted molar refractivity (Wildman–Crippen MR) is 107 cm³/mol. The van der Waals surface area contributed by atoms with Crippen LogP contribution in [-0.2, 0) is 11.4 Å². The summed E-state index contributed by atoms with van der Waals surface area (Å²) in [4.78, 5) is 23.4. The summed E-state index contributed by atoms with van der Waals surface area (Å²) in [6.45, 7) is 1.39. The van der Waals surface area contributed by atoms with E-state index in [0.717, 1.165) is 16.7 Å². The van der Waals surface area contributed by atoms with E-state index in [4.69, 9.17) is 10.8 Å². The second-order valence-corrected chi connectivity index (χ2v) is 6.17. The number of hydrogen-bond acceptors (Lipinski definition) is 4. The highest BCUT2D eigenvalue weighted by molar-refractivity contribution is 5.97. The Kier molecular flexibility index (Phi) is 7.52. The number of carbonyl (C=O) groups excluding carboxylic acids is 2. The Balaban J connectivity index is 1.98. The molecule has 2 amide bonds. The SMILES string of the molecule is C[C@@H](O)[C@H](NC(=O)c1ccc(C#C/C=C/c2ccc(CO)cc2)cc1)C(N)=O. The summed E-state index contributed by atoms with van der Waals surface area (Å²) < 4.78 is 0. The topological polar surface area (TPSA) is 113 Å². The van der Waals surface area contributed by atoms with Gasteiger partial charge < -0.3 is 21.3 Å². The van der Waals surface area contributed by atoms with Gasteiger partial charge in [-0.25, -0.2) is 0 Å². The average Bonchev–Trinajstić information content (AvgIpc) is 2.69. The quantitative estimate of drug-likeness (QED) is 0.566. The van der Waals surface area contributed by atoms with Crippen molar-refractivity contribution in [2.45, 2.75) is 25.7 Å². The Morgan fingerprint density at radius 1 is 1.14 bits per heavy atom. The minimum Gasteiger partial charge on any atom is -0.392 e. The van der Waals surface area contributed by atoms with Gasteiger partial charge in [0.25, 0.3) is 5.91 Å². The van der Waals surface area contributed by atoms with Crippen LogP contribution in [0, 0.1) is 11.8 Å². The molecule has 0 aliphatic rings. The molecule has 0 unspecified atom stereocenters. The average molecular weight is 378 g/mol. The molecule has 6 nitrogen and oxygen atoms in total. The molecule has 6 heteroatoms. The van der Waals surface area contributed by atoms with Crippen LogP contribution < -0.4 is 11.1 Å². The lowest BCUT2D eigenvalue weighted by molar-refractivity contribution is -0.122. The standard InChI is InChI=1S/C22H22N2O4/c1-15(26)20(21(23)27)24-22(28)19-12-10-17(11-13-19)5-3-2-4-16-6-8-18(14-25)9-7-16/h2,4,6-13,15,20,25-26H,14H2,1H3,(H2,23,27)(H,24,28)/b4-2+/t15-,20+/m1/s1. The zero-order valence-electron chi connectivity index (χ0n) is 15.4. The maximum absolute atomic E-state index is 12.1. The maximum atomic E-state index is 12.1. The smallest absolute Gasteiger partial charge is 0.252 e. The highest BCUT2D eigenvalue weighted by Gasteiger charge is 2.23. The molecule has 0 aliphatic carbocycles. The molecule has 2 aromatic carbocycles. The van der Waals surface area contributed by atoms with E-state index in [2.05, 4.69) is 17.2 Å². The highest BCUT2D eigenvalue weighted by atomic mass is 16.3. The Bertz CT molecular complexity index is 904. The zero-order chi connectivity index (χ0) is 20.5. The van der Waals surface area contributed by atoms with Crippen LogP contribution in [0.15, 0.2) is 54.6 Å². The molecule has 2 atom stereocenters. The zero-order valence-corrected chi connectivity index (χ0v) is 15.4. The van der Waals surface area contributed by atoms with Crippen LogP contribution in [0.4, 0.5) is 0 Å². The van der Waals surface area contributed by atoms with Gasteiger partial charge in [-0.15, -0.1) is 0 Å². The van der Waals surface area contributed by atoms with Crippen molar-refractivity contribution >= 4 is 17.9 Å². The number of aliphatic hydroxyl groups excluding tert-OH is 2. The van der Waals surface area contributed by atoms with Gasteiger partial charge in [0.2, 0.25) is 5.91 Å². The molecule has 28 heavy (non-hydrogen) atoms. The number of aliphatic hydroxyl groups is 2. The van der Waals surface area contributed by atoms with Crippen molar-refractivity contribution < 1.29 is 19.8 Å². The molecule has 144 valence electrons. The number of hydrogen-bond donors (Lipinski definition) is 4. The van der Waals surface area contributed by atoms with E-state index in [1.54, 1.807) is 30.3 Å². The predicted octanol–water partition coefficient (Wildman–Crippen LogP) is 1.21. The van der Waals surface area contributed by atoms with E-state index in [1.165, 1.54) is 6.92 Å². The van der Waals surface area contributed by atoms with Crippen molar-refractivity contribution in [3.63, 3.8) is 0 Å². The van der Waals surface area contributed by atoms with Crippen LogP contribution in [0.5, 0.6) is 0 Å². The van der Waals surface area contributed by atoms with E-state index >= 15 is 0 Å². The first kappa shape index (κ1) is 20.9. The van der Waals surface area contributed by atoms with Crippen LogP contribution in [0.1, 0.15) is 34.0 Å². The van der Waals surface area contributed by atoms with Crippen molar-refractivity contribution in [1.29, 1.82) is 0 Å². The van der Waals surface area contributed by atoms with Gasteiger partial charge in [0.1, 0.15) is 6.04 Å². The number of rotatable bonds is 6. The lowest BCUT2D eigenvalue weighted by Crippen LogP contribution is -2.50. The second-order valence-electron chi connectivity index (χ2n) is 6.17. The molecule has 2 rings (SSSR count). The molecule has 0 radical (unpaired) electrons. The van der Waals surface area contributed by atoms with E-state index in [-0.39, 0.29) is 6.61 Å². The summed E-state index contributed by atoms with van der Waals surface area (Å²) in [5.41, 5.74) is 8.04. The van der Waals surface area contributed by atoms with Gasteiger partial charge in [-0.1, -0.05) is 36.1 Å². The van der Waals surface area contributed by atoms with Gasteiger partial charge >= 0.3 is 0 Å². The van der Waals surface area contributed by atoms with Gasteiger partial charge in [-0.3, -0.25) is 9.59 Å². The van der Waals surface area contributed by atoms with Gasteiger partial charge in [-0.2, -0.15) is 0 Å². The molecule has 0 aromatic heterocycles. The lowest BCUT2D eigenvalue weighted by Gasteiger charge is -2.17. The van der Waals surface area contributed by atoms with Gasteiger partial charge in [-0.05, 0) is 54.5 Å². The molecular formula is C22H22N2O4. The number of nitrogens with two attached hydrogens (primary N) is 1. The Labute approximate surface area is 163 Å². The van der Waals surface area contributed by atoms with Crippen LogP contribution in [0.3, 0.4) is 0 Å². The number of benzene rings is 2. The third kappa shape index (κ3) is 6.09. The van der Waals surface area contributed by atoms with Gasteiger partial charge in [0.05, 0.1) is 12.7 Å². The summed E-state index contributed by atoms with van der Waals surface area (Å²) in [7, 11) is 0. The summed E-state index contributed by atoms with van der Waals surface area (Å²) in [6, 6.07) is 12.9. The number of primary amides is 1. The molecule has 0 spiro atoms. The van der Waals surface area contributed by atoms with Crippen LogP contribution in [0.2, 0.25) is 0 Å². The van der Waals surface area contributed by atoms with Crippen molar-refractivity contribution in [1.82, 2.24) is 5.32 Å². The Morgan fingerprint density at radius 3 is 2.32 bits per heavy atom. The number of allylic oxidation sites excluding steroid dienone is 1. The van der Waals surface area contributed by atoms with Crippen LogP contribution in [-0.4, -0.2) is 34.2 Å². The van der Waals surface area contributed by atoms with Crippen molar-refractivity contribution in [3.8, 4) is 11.8 Å². The highest BCUT2D eigenvalue weighted by Crippen LogP contribution is 2.07. The molecule has 5 N–H and O–H groups in total. The first-order valence-electron chi connectivity index (χ1n) is 8.67. The Hall–Kier alpha value is -3.40. The van der Waals surface area contributed by atoms with Crippen molar-refractivity contribution in [2.24, 2.45) is 5.73 Å². The molecule has 2 aromatic rings. The third-order valence-corrected chi connectivity index (χ3v) is 3.96. The summed E-state index contributed by atoms with van der Waals surface area (Å²) in [6.07, 6.45) is 2.49. The largest absolute Gasteiger partial charge is 0.392 e. The Morgan fingerprint density at radius 2 is 1.79 bits per heavy atom. The minimum absolute atomic E-state index is 0.0139. The van der Waals surface area contributed by atoms with Crippen molar-refractivity contribution in [3.05, 3.63) is 76.9 Å². The van der Waals surface area contributed by atoms with E-state index in [0.29, 0.717) is 5.56 Å². The second kappa shape index (κ2) is 10.1. The molecule has 0 saturated heterocycles. The first-order chi connectivity index (χ1) is 13.4. The number of nitrogens with one attached hydrogen (secondary N) is 1. The summed E-state index contributed by atoms with van der Waals surface area (Å²) in [5, 5.41) is 20.9. The fourth-order valence-electron chi connectivity index (χ4n) is 2.36. The number of amides is 2. The molecule has 0 heterocycles. The summed E-state index contributed by atoms with van der Waals surface area (Å²) >= 11 is 0. The normalized spacial score (nSPS) is 12.7. The van der Waals surface area contributed by atoms with Gasteiger partial charge in [0, 0.05) is 11.1 Å². The maximum Gasteiger partial charge on any atom is 0.252 e. The molecule has 0 saturated carbocycles. The van der Waals surface area contributed by atoms with E-state index in [1.807, 2.05) is 30.3 Å². The fraction of sp³-hybridized carbons (Fsp3) is 0.182. The number of carbonyl (C=O) groups is 2. The van der Waals surface area contributed by atoms with Gasteiger partial charge in [0.15, 0.2) is 0 Å². The van der Waals surface area contributed by atoms with Crippen molar-refractivity contribution in [2.75, 3.05) is 0 Å². The fourth-order valence-corrected chi connectivity index (χ4v) is 2.36. The molecule has 0 bridgehead atoms. The first-order valence-corrected chi connectivity index (χ1v) is 8.67. The molecule has 0 fully saturated rings. The van der Waals surface area contributed by atoms with E-state index in [9.17, 15) is 14.7 Å². The minimum atomic E-state index is -1.15. The van der Waals surface area contributed by atoms with E-state index < -0.39 is 24.0 Å². The lowest BCUT2D eigenvalue weighted by atomic mass is 10.1. The summed E-state index contributed by atoms with van der Waals surface area (Å²) in [5.74, 6) is 4.57. The van der Waals surface area contributed by atoms with Crippen LogP contribution >= 0.6 is 0 Å². The molecular weight excluding hydrogens is 356 g/mol. The van der Waals surface area contributed by atoms with Crippen LogP contribution in [0.25, 0.3) is 6.08 Å². The molecule has 0 aliphatic heterocycles. The monoisotopic (exact) mass is 378 g/mol.